The maximum Gasteiger partial charge on any atom is 0.258 e. The molecule has 4 aromatic rings. The number of aromatic nitrogens is 3. The van der Waals surface area contributed by atoms with E-state index in [1.165, 1.54) is 24.3 Å². The zero-order chi connectivity index (χ0) is 23.0. The molecule has 0 radical (unpaired) electrons. The number of carbonyl (C=O) groups excluding carboxylic acids is 1. The SMILES string of the molecule is NC(=O)C(O)(c1ccccc1)c1ccc(-c2ccnc3nc(C4=CCOCC4)[nH]c23)cc1F. The van der Waals surface area contributed by atoms with Gasteiger partial charge in [0.2, 0.25) is 0 Å². The number of aliphatic hydroxyl groups is 1. The number of hydrogen-bond acceptors (Lipinski definition) is 5. The summed E-state index contributed by atoms with van der Waals surface area (Å²) in [5, 5.41) is 11.1. The van der Waals surface area contributed by atoms with Crippen molar-refractivity contribution in [2.24, 2.45) is 5.73 Å². The van der Waals surface area contributed by atoms with E-state index in [2.05, 4.69) is 15.0 Å². The predicted molar refractivity (Wildman–Crippen MR) is 121 cm³/mol. The molecular formula is C25H21FN4O3. The maximum absolute atomic E-state index is 15.3. The second-order valence-corrected chi connectivity index (χ2v) is 7.83. The number of carbonyl (C=O) groups is 1. The highest BCUT2D eigenvalue weighted by Crippen LogP contribution is 2.35. The van der Waals surface area contributed by atoms with Gasteiger partial charge < -0.3 is 20.6 Å². The Balaban J connectivity index is 1.59. The minimum atomic E-state index is -2.30. The molecule has 1 unspecified atom stereocenters. The highest BCUT2D eigenvalue weighted by molar-refractivity contribution is 5.92. The third-order valence-electron chi connectivity index (χ3n) is 5.88. The van der Waals surface area contributed by atoms with Crippen LogP contribution < -0.4 is 5.73 Å². The summed E-state index contributed by atoms with van der Waals surface area (Å²) in [4.78, 5) is 24.4. The van der Waals surface area contributed by atoms with Gasteiger partial charge in [-0.3, -0.25) is 4.79 Å². The van der Waals surface area contributed by atoms with Crippen molar-refractivity contribution in [3.05, 3.63) is 89.6 Å². The minimum absolute atomic E-state index is 0.193. The Labute approximate surface area is 188 Å². The van der Waals surface area contributed by atoms with Crippen LogP contribution in [0.5, 0.6) is 0 Å². The van der Waals surface area contributed by atoms with E-state index in [0.29, 0.717) is 41.3 Å². The number of amides is 1. The predicted octanol–water partition coefficient (Wildman–Crippen LogP) is 3.29. The number of imidazole rings is 1. The van der Waals surface area contributed by atoms with Crippen molar-refractivity contribution in [1.82, 2.24) is 15.0 Å². The Morgan fingerprint density at radius 2 is 2.00 bits per heavy atom. The van der Waals surface area contributed by atoms with Gasteiger partial charge >= 0.3 is 0 Å². The number of nitrogens with zero attached hydrogens (tertiary/aromatic N) is 2. The van der Waals surface area contributed by atoms with Gasteiger partial charge in [0.15, 0.2) is 11.2 Å². The monoisotopic (exact) mass is 444 g/mol. The van der Waals surface area contributed by atoms with Crippen LogP contribution in [0, 0.1) is 5.82 Å². The Hall–Kier alpha value is -3.88. The molecule has 0 saturated heterocycles. The number of halogens is 1. The quantitative estimate of drug-likeness (QED) is 0.437. The fourth-order valence-corrected chi connectivity index (χ4v) is 4.13. The van der Waals surface area contributed by atoms with E-state index in [-0.39, 0.29) is 11.1 Å². The lowest BCUT2D eigenvalue weighted by atomic mass is 9.84. The van der Waals surface area contributed by atoms with Crippen LogP contribution in [0.2, 0.25) is 0 Å². The van der Waals surface area contributed by atoms with Crippen molar-refractivity contribution in [3.8, 4) is 11.1 Å². The molecule has 1 amide bonds. The molecule has 2 aromatic heterocycles. The largest absolute Gasteiger partial charge is 0.377 e. The summed E-state index contributed by atoms with van der Waals surface area (Å²) >= 11 is 0. The number of nitrogens with two attached hydrogens (primary N) is 1. The van der Waals surface area contributed by atoms with Crippen molar-refractivity contribution in [2.45, 2.75) is 12.0 Å². The highest BCUT2D eigenvalue weighted by atomic mass is 19.1. The van der Waals surface area contributed by atoms with E-state index >= 15 is 4.39 Å². The lowest BCUT2D eigenvalue weighted by Crippen LogP contribution is -2.42. The number of hydrogen-bond donors (Lipinski definition) is 3. The molecule has 4 N–H and O–H groups in total. The molecule has 0 saturated carbocycles. The summed E-state index contributed by atoms with van der Waals surface area (Å²) in [6.07, 6.45) is 4.32. The first-order chi connectivity index (χ1) is 16.0. The molecule has 1 aliphatic rings. The average Bonchev–Trinajstić information content (AvgIpc) is 3.29. The summed E-state index contributed by atoms with van der Waals surface area (Å²) < 4.78 is 20.7. The number of aromatic amines is 1. The van der Waals surface area contributed by atoms with Gasteiger partial charge in [-0.05, 0) is 35.3 Å². The standard InChI is InChI=1S/C25H21FN4O3/c26-20-14-16(6-7-19(20)25(32,24(27)31)17-4-2-1-3-5-17)18-8-11-28-23-21(18)29-22(30-23)15-9-12-33-13-10-15/h1-9,11,14,32H,10,12-13H2,(H2,27,31)(H,28,29,30). The second kappa shape index (κ2) is 8.23. The molecule has 1 atom stereocenters. The van der Waals surface area contributed by atoms with Gasteiger partial charge in [-0.1, -0.05) is 48.5 Å². The zero-order valence-corrected chi connectivity index (χ0v) is 17.6. The Bertz CT molecular complexity index is 1380. The Morgan fingerprint density at radius 3 is 2.70 bits per heavy atom. The number of pyridine rings is 1. The number of nitrogens with one attached hydrogen (secondary N) is 1. The maximum atomic E-state index is 15.3. The second-order valence-electron chi connectivity index (χ2n) is 7.83. The first-order valence-corrected chi connectivity index (χ1v) is 10.5. The molecular weight excluding hydrogens is 423 g/mol. The lowest BCUT2D eigenvalue weighted by molar-refractivity contribution is -0.133. The molecule has 0 bridgehead atoms. The van der Waals surface area contributed by atoms with Gasteiger partial charge in [0.25, 0.3) is 5.91 Å². The molecule has 166 valence electrons. The smallest absolute Gasteiger partial charge is 0.258 e. The van der Waals surface area contributed by atoms with E-state index in [4.69, 9.17) is 10.5 Å². The zero-order valence-electron chi connectivity index (χ0n) is 17.6. The van der Waals surface area contributed by atoms with Crippen LogP contribution in [0.25, 0.3) is 27.9 Å². The first kappa shape index (κ1) is 21.0. The molecule has 3 heterocycles. The summed E-state index contributed by atoms with van der Waals surface area (Å²) in [5.41, 5.74) is 6.65. The third-order valence-corrected chi connectivity index (χ3v) is 5.88. The molecule has 7 nitrogen and oxygen atoms in total. The van der Waals surface area contributed by atoms with E-state index in [1.54, 1.807) is 36.5 Å². The van der Waals surface area contributed by atoms with Gasteiger partial charge in [-0.25, -0.2) is 14.4 Å². The average molecular weight is 444 g/mol. The Kier molecular flexibility index (Phi) is 5.24. The minimum Gasteiger partial charge on any atom is -0.377 e. The fourth-order valence-electron chi connectivity index (χ4n) is 4.13. The van der Waals surface area contributed by atoms with E-state index in [0.717, 1.165) is 12.0 Å². The normalized spacial score (nSPS) is 15.8. The van der Waals surface area contributed by atoms with Gasteiger partial charge in [-0.15, -0.1) is 0 Å². The van der Waals surface area contributed by atoms with Crippen LogP contribution >= 0.6 is 0 Å². The van der Waals surface area contributed by atoms with Crippen molar-refractivity contribution in [1.29, 1.82) is 0 Å². The van der Waals surface area contributed by atoms with Gasteiger partial charge in [0.05, 0.1) is 18.7 Å². The molecule has 0 aliphatic carbocycles. The number of ether oxygens (including phenoxy) is 1. The number of primary amides is 1. The highest BCUT2D eigenvalue weighted by Gasteiger charge is 2.40. The van der Waals surface area contributed by atoms with Crippen molar-refractivity contribution >= 4 is 22.6 Å². The van der Waals surface area contributed by atoms with Crippen LogP contribution in [0.15, 0.2) is 66.9 Å². The summed E-state index contributed by atoms with van der Waals surface area (Å²) in [5.74, 6) is -1.11. The van der Waals surface area contributed by atoms with Crippen molar-refractivity contribution < 1.29 is 19.0 Å². The van der Waals surface area contributed by atoms with Gasteiger partial charge in [-0.2, -0.15) is 0 Å². The summed E-state index contributed by atoms with van der Waals surface area (Å²) in [7, 11) is 0. The summed E-state index contributed by atoms with van der Waals surface area (Å²) in [6, 6.07) is 14.1. The fraction of sp³-hybridized carbons (Fsp3) is 0.160. The molecule has 1 aliphatic heterocycles. The van der Waals surface area contributed by atoms with Crippen LogP contribution in [0.3, 0.4) is 0 Å². The number of benzene rings is 2. The molecule has 33 heavy (non-hydrogen) atoms. The summed E-state index contributed by atoms with van der Waals surface area (Å²) in [6.45, 7) is 1.16. The van der Waals surface area contributed by atoms with E-state index < -0.39 is 17.3 Å². The topological polar surface area (TPSA) is 114 Å². The van der Waals surface area contributed by atoms with Crippen LogP contribution in [0.4, 0.5) is 4.39 Å². The number of H-pyrrole nitrogens is 1. The molecule has 0 fully saturated rings. The van der Waals surface area contributed by atoms with Crippen LogP contribution in [-0.4, -0.2) is 39.2 Å². The van der Waals surface area contributed by atoms with Gasteiger partial charge in [0.1, 0.15) is 11.6 Å². The molecule has 0 spiro atoms. The molecule has 2 aromatic carbocycles. The molecule has 8 heteroatoms. The number of fused-ring (bicyclic) bond motifs is 1. The van der Waals surface area contributed by atoms with Crippen LogP contribution in [-0.2, 0) is 15.1 Å². The first-order valence-electron chi connectivity index (χ1n) is 10.5. The Morgan fingerprint density at radius 1 is 1.18 bits per heavy atom. The third kappa shape index (κ3) is 3.59. The lowest BCUT2D eigenvalue weighted by Gasteiger charge is -2.26. The van der Waals surface area contributed by atoms with Crippen LogP contribution in [0.1, 0.15) is 23.4 Å². The number of rotatable bonds is 5. The van der Waals surface area contributed by atoms with Crippen molar-refractivity contribution in [2.75, 3.05) is 13.2 Å². The van der Waals surface area contributed by atoms with E-state index in [1.807, 2.05) is 6.08 Å². The van der Waals surface area contributed by atoms with Gasteiger partial charge in [0, 0.05) is 17.3 Å². The van der Waals surface area contributed by atoms with E-state index in [9.17, 15) is 9.90 Å². The van der Waals surface area contributed by atoms with Crippen molar-refractivity contribution in [3.63, 3.8) is 0 Å². The molecule has 5 rings (SSSR count).